The van der Waals surface area contributed by atoms with E-state index in [0.717, 1.165) is 0 Å². The SMILES string of the molecule is C=C(C)C(=O)OC[C@@H](O)[C@@H](O)C(=O)CO. The summed E-state index contributed by atoms with van der Waals surface area (Å²) in [5, 5.41) is 26.6. The quantitative estimate of drug-likeness (QED) is 0.366. The lowest BCUT2D eigenvalue weighted by atomic mass is 10.1. The van der Waals surface area contributed by atoms with Gasteiger partial charge in [0.05, 0.1) is 0 Å². The highest BCUT2D eigenvalue weighted by Gasteiger charge is 2.24. The van der Waals surface area contributed by atoms with E-state index in [1.54, 1.807) is 0 Å². The van der Waals surface area contributed by atoms with Gasteiger partial charge in [-0.05, 0) is 6.92 Å². The van der Waals surface area contributed by atoms with Crippen molar-refractivity contribution in [2.24, 2.45) is 0 Å². The Morgan fingerprint density at radius 3 is 2.33 bits per heavy atom. The number of rotatable bonds is 6. The molecule has 6 heteroatoms. The molecule has 15 heavy (non-hydrogen) atoms. The van der Waals surface area contributed by atoms with E-state index >= 15 is 0 Å². The molecule has 0 amide bonds. The number of hydrogen-bond acceptors (Lipinski definition) is 6. The van der Waals surface area contributed by atoms with Crippen LogP contribution in [0.3, 0.4) is 0 Å². The molecule has 0 radical (unpaired) electrons. The van der Waals surface area contributed by atoms with Crippen molar-refractivity contribution in [2.45, 2.75) is 19.1 Å². The van der Waals surface area contributed by atoms with E-state index in [9.17, 15) is 9.59 Å². The van der Waals surface area contributed by atoms with Crippen molar-refractivity contribution >= 4 is 11.8 Å². The van der Waals surface area contributed by atoms with E-state index in [1.807, 2.05) is 0 Å². The van der Waals surface area contributed by atoms with Crippen molar-refractivity contribution in [1.82, 2.24) is 0 Å². The first-order valence-electron chi connectivity index (χ1n) is 4.22. The second kappa shape index (κ2) is 6.28. The first kappa shape index (κ1) is 13.8. The second-order valence-corrected chi connectivity index (χ2v) is 3.02. The summed E-state index contributed by atoms with van der Waals surface area (Å²) >= 11 is 0. The molecule has 0 fully saturated rings. The van der Waals surface area contributed by atoms with Crippen LogP contribution in [-0.4, -0.2) is 52.5 Å². The van der Waals surface area contributed by atoms with E-state index in [2.05, 4.69) is 11.3 Å². The molecule has 0 bridgehead atoms. The molecule has 2 atom stereocenters. The number of ketones is 1. The summed E-state index contributed by atoms with van der Waals surface area (Å²) in [6.07, 6.45) is -3.30. The Morgan fingerprint density at radius 2 is 1.93 bits per heavy atom. The molecule has 0 aliphatic rings. The first-order chi connectivity index (χ1) is 6.90. The van der Waals surface area contributed by atoms with Crippen LogP contribution in [0.1, 0.15) is 6.92 Å². The van der Waals surface area contributed by atoms with Crippen LogP contribution in [-0.2, 0) is 14.3 Å². The summed E-state index contributed by atoms with van der Waals surface area (Å²) in [6.45, 7) is 3.31. The summed E-state index contributed by atoms with van der Waals surface area (Å²) in [4.78, 5) is 21.6. The summed E-state index contributed by atoms with van der Waals surface area (Å²) in [6, 6.07) is 0. The van der Waals surface area contributed by atoms with Crippen LogP contribution in [0.25, 0.3) is 0 Å². The number of Topliss-reactive ketones (excluding diaryl/α,β-unsaturated/α-hetero) is 1. The third kappa shape index (κ3) is 4.68. The molecule has 0 spiro atoms. The maximum Gasteiger partial charge on any atom is 0.333 e. The van der Waals surface area contributed by atoms with Crippen molar-refractivity contribution in [1.29, 1.82) is 0 Å². The zero-order valence-corrected chi connectivity index (χ0v) is 8.34. The number of hydrogen-bond donors (Lipinski definition) is 3. The zero-order chi connectivity index (χ0) is 12.0. The minimum Gasteiger partial charge on any atom is -0.459 e. The largest absolute Gasteiger partial charge is 0.459 e. The van der Waals surface area contributed by atoms with Gasteiger partial charge in [0.15, 0.2) is 5.78 Å². The van der Waals surface area contributed by atoms with Gasteiger partial charge < -0.3 is 20.1 Å². The van der Waals surface area contributed by atoms with Crippen LogP contribution in [0.5, 0.6) is 0 Å². The fourth-order valence-electron chi connectivity index (χ4n) is 0.684. The molecule has 0 aliphatic carbocycles. The third-order valence-electron chi connectivity index (χ3n) is 1.58. The minimum atomic E-state index is -1.76. The molecule has 0 aliphatic heterocycles. The standard InChI is InChI=1S/C9H14O6/c1-5(2)9(14)15-4-7(12)8(13)6(11)3-10/h7-8,10,12-13H,1,3-4H2,2H3/t7-,8+/m1/s1. The van der Waals surface area contributed by atoms with Gasteiger partial charge in [-0.2, -0.15) is 0 Å². The molecule has 0 saturated carbocycles. The normalized spacial score (nSPS) is 14.1. The van der Waals surface area contributed by atoms with Gasteiger partial charge in [0, 0.05) is 5.57 Å². The fraction of sp³-hybridized carbons (Fsp3) is 0.556. The molecule has 0 heterocycles. The van der Waals surface area contributed by atoms with Crippen molar-refractivity contribution in [2.75, 3.05) is 13.2 Å². The predicted octanol–water partition coefficient (Wildman–Crippen LogP) is -1.61. The van der Waals surface area contributed by atoms with Crippen molar-refractivity contribution in [3.63, 3.8) is 0 Å². The van der Waals surface area contributed by atoms with Crippen molar-refractivity contribution in [3.05, 3.63) is 12.2 Å². The highest BCUT2D eigenvalue weighted by Crippen LogP contribution is 1.99. The minimum absolute atomic E-state index is 0.144. The average Bonchev–Trinajstić information content (AvgIpc) is 2.22. The van der Waals surface area contributed by atoms with Crippen LogP contribution >= 0.6 is 0 Å². The molecule has 0 aromatic heterocycles. The lowest BCUT2D eigenvalue weighted by molar-refractivity contribution is -0.149. The number of ether oxygens (including phenoxy) is 1. The molecule has 0 rings (SSSR count). The van der Waals surface area contributed by atoms with Gasteiger partial charge in [0.1, 0.15) is 25.4 Å². The first-order valence-corrected chi connectivity index (χ1v) is 4.22. The van der Waals surface area contributed by atoms with Crippen LogP contribution in [0.15, 0.2) is 12.2 Å². The Hall–Kier alpha value is -1.24. The fourth-order valence-corrected chi connectivity index (χ4v) is 0.684. The smallest absolute Gasteiger partial charge is 0.333 e. The molecule has 6 nitrogen and oxygen atoms in total. The molecular weight excluding hydrogens is 204 g/mol. The highest BCUT2D eigenvalue weighted by atomic mass is 16.5. The van der Waals surface area contributed by atoms with E-state index in [1.165, 1.54) is 6.92 Å². The van der Waals surface area contributed by atoms with Gasteiger partial charge in [0.25, 0.3) is 0 Å². The molecular formula is C9H14O6. The lowest BCUT2D eigenvalue weighted by Gasteiger charge is -2.15. The molecule has 0 unspecified atom stereocenters. The maximum atomic E-state index is 10.9. The van der Waals surface area contributed by atoms with Crippen molar-refractivity contribution in [3.8, 4) is 0 Å². The van der Waals surface area contributed by atoms with Crippen LogP contribution in [0, 0.1) is 0 Å². The summed E-state index contributed by atoms with van der Waals surface area (Å²) in [7, 11) is 0. The summed E-state index contributed by atoms with van der Waals surface area (Å²) in [5.41, 5.74) is 0.144. The van der Waals surface area contributed by atoms with E-state index in [0.29, 0.717) is 0 Å². The molecule has 0 aromatic rings. The number of esters is 1. The van der Waals surface area contributed by atoms with E-state index in [-0.39, 0.29) is 5.57 Å². The van der Waals surface area contributed by atoms with Gasteiger partial charge >= 0.3 is 5.97 Å². The summed E-state index contributed by atoms with van der Waals surface area (Å²) < 4.78 is 4.50. The van der Waals surface area contributed by atoms with Crippen LogP contribution in [0.2, 0.25) is 0 Å². The van der Waals surface area contributed by atoms with Crippen LogP contribution in [0.4, 0.5) is 0 Å². The maximum absolute atomic E-state index is 10.9. The van der Waals surface area contributed by atoms with Gasteiger partial charge in [-0.15, -0.1) is 0 Å². The van der Waals surface area contributed by atoms with Crippen molar-refractivity contribution < 1.29 is 29.6 Å². The highest BCUT2D eigenvalue weighted by molar-refractivity contribution is 5.87. The number of carbonyl (C=O) groups excluding carboxylic acids is 2. The Balaban J connectivity index is 4.03. The molecule has 86 valence electrons. The Kier molecular flexibility index (Phi) is 5.76. The number of aliphatic hydroxyl groups is 3. The molecule has 3 N–H and O–H groups in total. The van der Waals surface area contributed by atoms with Gasteiger partial charge in [-0.1, -0.05) is 6.58 Å². The van der Waals surface area contributed by atoms with Gasteiger partial charge in [-0.3, -0.25) is 4.79 Å². The zero-order valence-electron chi connectivity index (χ0n) is 8.34. The van der Waals surface area contributed by atoms with Gasteiger partial charge in [0.2, 0.25) is 0 Å². The summed E-state index contributed by atoms with van der Waals surface area (Å²) in [5.74, 6) is -1.66. The van der Waals surface area contributed by atoms with E-state index < -0.39 is 37.2 Å². The topological polar surface area (TPSA) is 104 Å². The van der Waals surface area contributed by atoms with E-state index in [4.69, 9.17) is 15.3 Å². The Labute approximate surface area is 86.8 Å². The molecule has 0 saturated heterocycles. The van der Waals surface area contributed by atoms with Crippen LogP contribution < -0.4 is 0 Å². The Bertz CT molecular complexity index is 259. The Morgan fingerprint density at radius 1 is 1.40 bits per heavy atom. The monoisotopic (exact) mass is 218 g/mol. The lowest BCUT2D eigenvalue weighted by Crippen LogP contribution is -2.39. The average molecular weight is 218 g/mol. The molecule has 0 aromatic carbocycles. The second-order valence-electron chi connectivity index (χ2n) is 3.02. The van der Waals surface area contributed by atoms with Gasteiger partial charge in [-0.25, -0.2) is 4.79 Å². The third-order valence-corrected chi connectivity index (χ3v) is 1.58. The number of carbonyl (C=O) groups is 2. The number of aliphatic hydroxyl groups excluding tert-OH is 3. The predicted molar refractivity (Wildman–Crippen MR) is 49.9 cm³/mol.